The second-order valence-corrected chi connectivity index (χ2v) is 4.44. The Balaban J connectivity index is 2.24. The topological polar surface area (TPSA) is 49.3 Å². The molecular formula is C13H10BrNO2. The van der Waals surface area contributed by atoms with Gasteiger partial charge >= 0.3 is 5.97 Å². The number of hydrogen-bond donors (Lipinski definition) is 2. The Labute approximate surface area is 107 Å². The van der Waals surface area contributed by atoms with E-state index < -0.39 is 5.97 Å². The maximum absolute atomic E-state index is 10.8. The van der Waals surface area contributed by atoms with Crippen molar-refractivity contribution in [3.05, 3.63) is 58.6 Å². The summed E-state index contributed by atoms with van der Waals surface area (Å²) in [5.74, 6) is -0.928. The molecule has 0 unspecified atom stereocenters. The molecule has 0 radical (unpaired) electrons. The number of aromatic carboxylic acids is 1. The molecule has 86 valence electrons. The Morgan fingerprint density at radius 3 is 2.35 bits per heavy atom. The van der Waals surface area contributed by atoms with Crippen LogP contribution in [0.2, 0.25) is 0 Å². The van der Waals surface area contributed by atoms with Crippen molar-refractivity contribution in [1.29, 1.82) is 0 Å². The minimum absolute atomic E-state index is 0.269. The maximum atomic E-state index is 10.8. The third-order valence-electron chi connectivity index (χ3n) is 2.22. The van der Waals surface area contributed by atoms with Crippen LogP contribution in [0.4, 0.5) is 11.4 Å². The summed E-state index contributed by atoms with van der Waals surface area (Å²) in [6.45, 7) is 0. The van der Waals surface area contributed by atoms with Crippen LogP contribution in [0.15, 0.2) is 53.0 Å². The van der Waals surface area contributed by atoms with Gasteiger partial charge in [0.15, 0.2) is 0 Å². The van der Waals surface area contributed by atoms with Crippen molar-refractivity contribution in [2.75, 3.05) is 5.32 Å². The normalized spacial score (nSPS) is 9.94. The van der Waals surface area contributed by atoms with Crippen molar-refractivity contribution in [3.63, 3.8) is 0 Å². The molecule has 17 heavy (non-hydrogen) atoms. The van der Waals surface area contributed by atoms with Crippen LogP contribution >= 0.6 is 15.9 Å². The number of nitrogens with one attached hydrogen (secondary N) is 1. The lowest BCUT2D eigenvalue weighted by Crippen LogP contribution is -1.97. The number of carboxylic acid groups (broad SMARTS) is 1. The fraction of sp³-hybridized carbons (Fsp3) is 0. The number of carbonyl (C=O) groups is 1. The Kier molecular flexibility index (Phi) is 3.44. The van der Waals surface area contributed by atoms with E-state index in [0.717, 1.165) is 15.8 Å². The van der Waals surface area contributed by atoms with E-state index in [9.17, 15) is 4.79 Å². The van der Waals surface area contributed by atoms with Gasteiger partial charge in [0.25, 0.3) is 0 Å². The van der Waals surface area contributed by atoms with Crippen molar-refractivity contribution < 1.29 is 9.90 Å². The van der Waals surface area contributed by atoms with Gasteiger partial charge in [-0.1, -0.05) is 28.1 Å². The van der Waals surface area contributed by atoms with E-state index in [-0.39, 0.29) is 5.56 Å². The molecule has 0 aliphatic rings. The van der Waals surface area contributed by atoms with E-state index in [2.05, 4.69) is 21.2 Å². The summed E-state index contributed by atoms with van der Waals surface area (Å²) in [4.78, 5) is 10.8. The smallest absolute Gasteiger partial charge is 0.335 e. The molecule has 0 aliphatic carbocycles. The van der Waals surface area contributed by atoms with Crippen molar-refractivity contribution in [2.24, 2.45) is 0 Å². The van der Waals surface area contributed by atoms with Gasteiger partial charge in [-0.15, -0.1) is 0 Å². The number of rotatable bonds is 3. The van der Waals surface area contributed by atoms with Crippen LogP contribution in [0.25, 0.3) is 0 Å². The van der Waals surface area contributed by atoms with Gasteiger partial charge < -0.3 is 10.4 Å². The molecule has 0 heterocycles. The largest absolute Gasteiger partial charge is 0.478 e. The van der Waals surface area contributed by atoms with Crippen molar-refractivity contribution >= 4 is 33.3 Å². The van der Waals surface area contributed by atoms with E-state index in [0.29, 0.717) is 0 Å². The van der Waals surface area contributed by atoms with Gasteiger partial charge in [0.05, 0.1) is 5.56 Å². The predicted octanol–water partition coefficient (Wildman–Crippen LogP) is 3.89. The summed E-state index contributed by atoms with van der Waals surface area (Å²) in [5.41, 5.74) is 1.93. The summed E-state index contributed by atoms with van der Waals surface area (Å²) >= 11 is 3.38. The quantitative estimate of drug-likeness (QED) is 0.902. The molecule has 0 fully saturated rings. The number of benzene rings is 2. The third kappa shape index (κ3) is 3.07. The van der Waals surface area contributed by atoms with Crippen molar-refractivity contribution in [1.82, 2.24) is 0 Å². The average molecular weight is 292 g/mol. The lowest BCUT2D eigenvalue weighted by molar-refractivity contribution is 0.0697. The summed E-state index contributed by atoms with van der Waals surface area (Å²) in [7, 11) is 0. The fourth-order valence-electron chi connectivity index (χ4n) is 1.46. The molecule has 2 aromatic rings. The summed E-state index contributed by atoms with van der Waals surface area (Å²) < 4.78 is 0.969. The highest BCUT2D eigenvalue weighted by molar-refractivity contribution is 9.10. The van der Waals surface area contributed by atoms with Gasteiger partial charge in [0.2, 0.25) is 0 Å². The van der Waals surface area contributed by atoms with E-state index in [1.54, 1.807) is 18.2 Å². The molecule has 0 saturated heterocycles. The molecule has 3 nitrogen and oxygen atoms in total. The van der Waals surface area contributed by atoms with Crippen LogP contribution in [-0.4, -0.2) is 11.1 Å². The molecular weight excluding hydrogens is 282 g/mol. The van der Waals surface area contributed by atoms with Crippen molar-refractivity contribution in [2.45, 2.75) is 0 Å². The molecule has 2 rings (SSSR count). The molecule has 0 aromatic heterocycles. The fourth-order valence-corrected chi connectivity index (χ4v) is 1.86. The third-order valence-corrected chi connectivity index (χ3v) is 2.72. The highest BCUT2D eigenvalue weighted by atomic mass is 79.9. The first kappa shape index (κ1) is 11.7. The van der Waals surface area contributed by atoms with Crippen LogP contribution in [-0.2, 0) is 0 Å². The summed E-state index contributed by atoms with van der Waals surface area (Å²) in [5, 5.41) is 12.0. The van der Waals surface area contributed by atoms with E-state index in [1.807, 2.05) is 30.3 Å². The van der Waals surface area contributed by atoms with Gasteiger partial charge in [-0.05, 0) is 36.4 Å². The molecule has 0 atom stereocenters. The van der Waals surface area contributed by atoms with Gasteiger partial charge in [-0.3, -0.25) is 0 Å². The van der Waals surface area contributed by atoms with E-state index >= 15 is 0 Å². The summed E-state index contributed by atoms with van der Waals surface area (Å²) in [6.07, 6.45) is 0. The van der Waals surface area contributed by atoms with Crippen LogP contribution in [0.3, 0.4) is 0 Å². The summed E-state index contributed by atoms with van der Waals surface area (Å²) in [6, 6.07) is 14.4. The number of halogens is 1. The highest BCUT2D eigenvalue weighted by Crippen LogP contribution is 2.21. The van der Waals surface area contributed by atoms with Gasteiger partial charge in [0, 0.05) is 15.8 Å². The van der Waals surface area contributed by atoms with Crippen molar-refractivity contribution in [3.8, 4) is 0 Å². The first-order valence-corrected chi connectivity index (χ1v) is 5.80. The molecule has 4 heteroatoms. The standard InChI is InChI=1S/C13H10BrNO2/c14-10-4-2-6-12(8-10)15-11-5-1-3-9(7-11)13(16)17/h1-8,15H,(H,16,17). The second kappa shape index (κ2) is 5.01. The molecule has 0 spiro atoms. The van der Waals surface area contributed by atoms with Gasteiger partial charge in [0.1, 0.15) is 0 Å². The Morgan fingerprint density at radius 2 is 1.71 bits per heavy atom. The minimum Gasteiger partial charge on any atom is -0.478 e. The minimum atomic E-state index is -0.928. The lowest BCUT2D eigenvalue weighted by Gasteiger charge is -2.07. The molecule has 0 bridgehead atoms. The van der Waals surface area contributed by atoms with Crippen LogP contribution in [0, 0.1) is 0 Å². The van der Waals surface area contributed by atoms with Gasteiger partial charge in [-0.2, -0.15) is 0 Å². The monoisotopic (exact) mass is 291 g/mol. The zero-order valence-electron chi connectivity index (χ0n) is 8.85. The molecule has 0 amide bonds. The Bertz CT molecular complexity index is 555. The predicted molar refractivity (Wildman–Crippen MR) is 70.8 cm³/mol. The number of carboxylic acids is 1. The molecule has 2 aromatic carbocycles. The number of anilines is 2. The van der Waals surface area contributed by atoms with E-state index in [4.69, 9.17) is 5.11 Å². The van der Waals surface area contributed by atoms with Crippen LogP contribution in [0.1, 0.15) is 10.4 Å². The van der Waals surface area contributed by atoms with Gasteiger partial charge in [-0.25, -0.2) is 4.79 Å². The maximum Gasteiger partial charge on any atom is 0.335 e. The SMILES string of the molecule is O=C(O)c1cccc(Nc2cccc(Br)c2)c1. The Hall–Kier alpha value is -1.81. The van der Waals surface area contributed by atoms with E-state index in [1.165, 1.54) is 0 Å². The lowest BCUT2D eigenvalue weighted by atomic mass is 10.2. The Morgan fingerprint density at radius 1 is 1.06 bits per heavy atom. The van der Waals surface area contributed by atoms with Crippen LogP contribution < -0.4 is 5.32 Å². The molecule has 0 saturated carbocycles. The number of hydrogen-bond acceptors (Lipinski definition) is 2. The van der Waals surface area contributed by atoms with Crippen LogP contribution in [0.5, 0.6) is 0 Å². The molecule has 0 aliphatic heterocycles. The molecule has 2 N–H and O–H groups in total. The average Bonchev–Trinajstić information content (AvgIpc) is 2.29. The second-order valence-electron chi connectivity index (χ2n) is 3.52. The highest BCUT2D eigenvalue weighted by Gasteiger charge is 2.03. The first-order chi connectivity index (χ1) is 8.15. The zero-order valence-corrected chi connectivity index (χ0v) is 10.4. The zero-order chi connectivity index (χ0) is 12.3. The first-order valence-electron chi connectivity index (χ1n) is 5.01.